The number of rotatable bonds is 5. The summed E-state index contributed by atoms with van der Waals surface area (Å²) in [4.78, 5) is 16.2. The van der Waals surface area contributed by atoms with Crippen molar-refractivity contribution in [3.63, 3.8) is 0 Å². The van der Waals surface area contributed by atoms with E-state index in [-0.39, 0.29) is 5.91 Å². The quantitative estimate of drug-likeness (QED) is 0.902. The summed E-state index contributed by atoms with van der Waals surface area (Å²) in [6, 6.07) is 7.93. The topological polar surface area (TPSA) is 35.6 Å². The van der Waals surface area contributed by atoms with Gasteiger partial charge in [0.15, 0.2) is 0 Å². The molecule has 0 atom stereocenters. The summed E-state index contributed by atoms with van der Waals surface area (Å²) in [5, 5.41) is 3.69. The van der Waals surface area contributed by atoms with E-state index in [1.54, 1.807) is 0 Å². The highest BCUT2D eigenvalue weighted by molar-refractivity contribution is 6.30. The summed E-state index contributed by atoms with van der Waals surface area (Å²) < 4.78 is 0. The first kappa shape index (κ1) is 15.1. The van der Waals surface area contributed by atoms with Crippen molar-refractivity contribution in [3.05, 3.63) is 29.3 Å². The third-order valence-corrected chi connectivity index (χ3v) is 3.72. The van der Waals surface area contributed by atoms with Gasteiger partial charge >= 0.3 is 0 Å². The van der Waals surface area contributed by atoms with Crippen molar-refractivity contribution in [1.29, 1.82) is 0 Å². The Morgan fingerprint density at radius 2 is 2.05 bits per heavy atom. The zero-order chi connectivity index (χ0) is 14.4. The van der Waals surface area contributed by atoms with Crippen LogP contribution in [0.5, 0.6) is 0 Å². The fraction of sp³-hybridized carbons (Fsp3) is 0.533. The number of hydrogen-bond donors (Lipinski definition) is 1. The molecule has 0 radical (unpaired) electrons. The molecular formula is C15H22ClN3O. The molecule has 1 aliphatic rings. The van der Waals surface area contributed by atoms with Crippen molar-refractivity contribution in [2.45, 2.75) is 13.3 Å². The number of halogens is 1. The largest absolute Gasteiger partial charge is 0.369 e. The second-order valence-corrected chi connectivity index (χ2v) is 5.53. The van der Waals surface area contributed by atoms with Gasteiger partial charge in [-0.1, -0.05) is 24.6 Å². The third-order valence-electron chi connectivity index (χ3n) is 3.49. The highest BCUT2D eigenvalue weighted by Gasteiger charge is 2.19. The summed E-state index contributed by atoms with van der Waals surface area (Å²) in [5.74, 6) is 0.128. The SMILES string of the molecule is CCCNC(=O)CN1CCN(c2cccc(Cl)c2)CC1. The predicted molar refractivity (Wildman–Crippen MR) is 83.4 cm³/mol. The first-order chi connectivity index (χ1) is 9.69. The smallest absolute Gasteiger partial charge is 0.234 e. The maximum absolute atomic E-state index is 11.7. The van der Waals surface area contributed by atoms with Gasteiger partial charge in [-0.3, -0.25) is 9.69 Å². The van der Waals surface area contributed by atoms with Gasteiger partial charge in [-0.05, 0) is 24.6 Å². The van der Waals surface area contributed by atoms with Crippen molar-refractivity contribution in [2.24, 2.45) is 0 Å². The van der Waals surface area contributed by atoms with Crippen LogP contribution in [0.1, 0.15) is 13.3 Å². The normalized spacial score (nSPS) is 16.2. The molecule has 0 saturated carbocycles. The molecule has 20 heavy (non-hydrogen) atoms. The molecule has 4 nitrogen and oxygen atoms in total. The van der Waals surface area contributed by atoms with Crippen molar-refractivity contribution in [3.8, 4) is 0 Å². The van der Waals surface area contributed by atoms with Gasteiger partial charge < -0.3 is 10.2 Å². The minimum Gasteiger partial charge on any atom is -0.369 e. The monoisotopic (exact) mass is 295 g/mol. The third kappa shape index (κ3) is 4.39. The van der Waals surface area contributed by atoms with Gasteiger partial charge in [0.2, 0.25) is 5.91 Å². The van der Waals surface area contributed by atoms with Crippen LogP contribution in [0.3, 0.4) is 0 Å². The number of nitrogens with one attached hydrogen (secondary N) is 1. The van der Waals surface area contributed by atoms with Gasteiger partial charge in [0.05, 0.1) is 6.54 Å². The van der Waals surface area contributed by atoms with Crippen molar-refractivity contribution < 1.29 is 4.79 Å². The highest BCUT2D eigenvalue weighted by Crippen LogP contribution is 2.20. The number of anilines is 1. The lowest BCUT2D eigenvalue weighted by Crippen LogP contribution is -2.49. The molecule has 1 heterocycles. The Bertz CT molecular complexity index is 444. The Kier molecular flexibility index (Phi) is 5.68. The number of carbonyl (C=O) groups is 1. The average molecular weight is 296 g/mol. The molecule has 0 unspecified atom stereocenters. The molecule has 0 spiro atoms. The fourth-order valence-electron chi connectivity index (χ4n) is 2.36. The van der Waals surface area contributed by atoms with Gasteiger partial charge in [0.1, 0.15) is 0 Å². The van der Waals surface area contributed by atoms with Crippen molar-refractivity contribution in [2.75, 3.05) is 44.2 Å². The number of hydrogen-bond acceptors (Lipinski definition) is 3. The number of amides is 1. The molecule has 1 amide bonds. The molecule has 0 aromatic heterocycles. The number of benzene rings is 1. The highest BCUT2D eigenvalue weighted by atomic mass is 35.5. The molecule has 1 N–H and O–H groups in total. The van der Waals surface area contributed by atoms with Crippen molar-refractivity contribution in [1.82, 2.24) is 10.2 Å². The van der Waals surface area contributed by atoms with E-state index in [4.69, 9.17) is 11.6 Å². The van der Waals surface area contributed by atoms with E-state index < -0.39 is 0 Å². The van der Waals surface area contributed by atoms with Crippen LogP contribution in [-0.4, -0.2) is 50.1 Å². The number of carbonyl (C=O) groups excluding carboxylic acids is 1. The van der Waals surface area contributed by atoms with Crippen LogP contribution in [0.4, 0.5) is 5.69 Å². The summed E-state index contributed by atoms with van der Waals surface area (Å²) >= 11 is 6.02. The predicted octanol–water partition coefficient (Wildman–Crippen LogP) is 1.99. The Labute approximate surface area is 125 Å². The Hall–Kier alpha value is -1.26. The second kappa shape index (κ2) is 7.50. The average Bonchev–Trinajstić information content (AvgIpc) is 2.46. The Balaban J connectivity index is 1.79. The Morgan fingerprint density at radius 3 is 2.70 bits per heavy atom. The van der Waals surface area contributed by atoms with Crippen LogP contribution in [0, 0.1) is 0 Å². The lowest BCUT2D eigenvalue weighted by molar-refractivity contribution is -0.122. The van der Waals surface area contributed by atoms with Crippen LogP contribution in [0.2, 0.25) is 5.02 Å². The molecule has 110 valence electrons. The van der Waals surface area contributed by atoms with E-state index in [2.05, 4.69) is 28.1 Å². The van der Waals surface area contributed by atoms with Crippen molar-refractivity contribution >= 4 is 23.2 Å². The van der Waals surface area contributed by atoms with Gasteiger partial charge in [0, 0.05) is 43.4 Å². The fourth-order valence-corrected chi connectivity index (χ4v) is 2.54. The van der Waals surface area contributed by atoms with Crippen LogP contribution >= 0.6 is 11.6 Å². The van der Waals surface area contributed by atoms with Gasteiger partial charge in [0.25, 0.3) is 0 Å². The molecule has 1 fully saturated rings. The van der Waals surface area contributed by atoms with E-state index in [9.17, 15) is 4.79 Å². The molecule has 1 aliphatic heterocycles. The molecule has 0 aliphatic carbocycles. The van der Waals surface area contributed by atoms with E-state index >= 15 is 0 Å². The van der Waals surface area contributed by atoms with Crippen LogP contribution in [-0.2, 0) is 4.79 Å². The minimum absolute atomic E-state index is 0.128. The first-order valence-electron chi connectivity index (χ1n) is 7.18. The number of nitrogens with zero attached hydrogens (tertiary/aromatic N) is 2. The van der Waals surface area contributed by atoms with Gasteiger partial charge in [-0.2, -0.15) is 0 Å². The standard InChI is InChI=1S/C15H22ClN3O/c1-2-6-17-15(20)12-18-7-9-19(10-8-18)14-5-3-4-13(16)11-14/h3-5,11H,2,6-10,12H2,1H3,(H,17,20). The summed E-state index contributed by atoms with van der Waals surface area (Å²) in [7, 11) is 0. The molecule has 1 aromatic rings. The van der Waals surface area contributed by atoms with Gasteiger partial charge in [-0.25, -0.2) is 0 Å². The minimum atomic E-state index is 0.128. The molecule has 5 heteroatoms. The lowest BCUT2D eigenvalue weighted by Gasteiger charge is -2.35. The summed E-state index contributed by atoms with van der Waals surface area (Å²) in [6.45, 7) is 7.01. The van der Waals surface area contributed by atoms with E-state index in [0.717, 1.165) is 49.9 Å². The summed E-state index contributed by atoms with van der Waals surface area (Å²) in [6.07, 6.45) is 0.980. The second-order valence-electron chi connectivity index (χ2n) is 5.09. The van der Waals surface area contributed by atoms with E-state index in [1.165, 1.54) is 0 Å². The van der Waals surface area contributed by atoms with Gasteiger partial charge in [-0.15, -0.1) is 0 Å². The van der Waals surface area contributed by atoms with Crippen LogP contribution < -0.4 is 10.2 Å². The first-order valence-corrected chi connectivity index (χ1v) is 7.56. The zero-order valence-electron chi connectivity index (χ0n) is 11.9. The van der Waals surface area contributed by atoms with Crippen LogP contribution in [0.25, 0.3) is 0 Å². The number of piperazine rings is 1. The molecule has 0 bridgehead atoms. The molecule has 1 saturated heterocycles. The lowest BCUT2D eigenvalue weighted by atomic mass is 10.2. The summed E-state index contributed by atoms with van der Waals surface area (Å²) in [5.41, 5.74) is 1.16. The zero-order valence-corrected chi connectivity index (χ0v) is 12.7. The maximum atomic E-state index is 11.7. The molecule has 1 aromatic carbocycles. The molecule has 2 rings (SSSR count). The van der Waals surface area contributed by atoms with E-state index in [1.807, 2.05) is 18.2 Å². The van der Waals surface area contributed by atoms with Crippen LogP contribution in [0.15, 0.2) is 24.3 Å². The Morgan fingerprint density at radius 1 is 1.30 bits per heavy atom. The van der Waals surface area contributed by atoms with E-state index in [0.29, 0.717) is 6.54 Å². The molecular weight excluding hydrogens is 274 g/mol. The maximum Gasteiger partial charge on any atom is 0.234 e.